The van der Waals surface area contributed by atoms with Crippen LogP contribution in [0.5, 0.6) is 0 Å². The number of nitrogens with zero attached hydrogens (tertiary/aromatic N) is 1. The highest BCUT2D eigenvalue weighted by Crippen LogP contribution is 2.22. The Kier molecular flexibility index (Phi) is 10.0. The van der Waals surface area contributed by atoms with Crippen molar-refractivity contribution in [1.29, 1.82) is 0 Å². The molecule has 0 bridgehead atoms. The number of likely N-dealkylation sites (N-methyl/N-ethyl adjacent to an activating group) is 1. The summed E-state index contributed by atoms with van der Waals surface area (Å²) in [5, 5.41) is 3.63. The third-order valence-corrected chi connectivity index (χ3v) is 6.87. The third-order valence-electron chi connectivity index (χ3n) is 5.54. The van der Waals surface area contributed by atoms with E-state index < -0.39 is 6.04 Å². The van der Waals surface area contributed by atoms with Gasteiger partial charge in [0.15, 0.2) is 0 Å². The molecule has 1 N–H and O–H groups in total. The van der Waals surface area contributed by atoms with Crippen LogP contribution in [-0.4, -0.2) is 35.1 Å². The van der Waals surface area contributed by atoms with Crippen molar-refractivity contribution in [2.75, 3.05) is 12.3 Å². The molecular formula is C28H31ClN2O2S. The minimum atomic E-state index is -0.600. The van der Waals surface area contributed by atoms with Crippen LogP contribution in [0.1, 0.15) is 29.2 Å². The van der Waals surface area contributed by atoms with E-state index in [4.69, 9.17) is 11.6 Å². The Bertz CT molecular complexity index is 1070. The molecule has 0 aliphatic rings. The molecule has 0 aliphatic heterocycles. The van der Waals surface area contributed by atoms with Gasteiger partial charge in [0.1, 0.15) is 6.04 Å². The summed E-state index contributed by atoms with van der Waals surface area (Å²) in [6, 6.07) is 25.0. The molecule has 0 aliphatic carbocycles. The van der Waals surface area contributed by atoms with Crippen molar-refractivity contribution < 1.29 is 9.59 Å². The second kappa shape index (κ2) is 13.2. The van der Waals surface area contributed by atoms with E-state index in [0.717, 1.165) is 22.3 Å². The van der Waals surface area contributed by atoms with Gasteiger partial charge >= 0.3 is 0 Å². The van der Waals surface area contributed by atoms with Gasteiger partial charge in [0, 0.05) is 30.3 Å². The van der Waals surface area contributed by atoms with Gasteiger partial charge in [-0.1, -0.05) is 90.0 Å². The lowest BCUT2D eigenvalue weighted by Gasteiger charge is -2.31. The number of hydrogen-bond acceptors (Lipinski definition) is 3. The molecule has 3 rings (SSSR count). The highest BCUT2D eigenvalue weighted by molar-refractivity contribution is 7.99. The van der Waals surface area contributed by atoms with Crippen molar-refractivity contribution in [3.05, 3.63) is 106 Å². The summed E-state index contributed by atoms with van der Waals surface area (Å²) in [4.78, 5) is 28.4. The lowest BCUT2D eigenvalue weighted by Crippen LogP contribution is -2.51. The van der Waals surface area contributed by atoms with Crippen LogP contribution in [0.25, 0.3) is 0 Å². The van der Waals surface area contributed by atoms with Crippen LogP contribution in [0, 0.1) is 6.92 Å². The van der Waals surface area contributed by atoms with Crippen LogP contribution in [0.15, 0.2) is 78.9 Å². The summed E-state index contributed by atoms with van der Waals surface area (Å²) in [7, 11) is 0. The fourth-order valence-corrected chi connectivity index (χ4v) is 4.88. The molecule has 3 aromatic rings. The minimum Gasteiger partial charge on any atom is -0.355 e. The van der Waals surface area contributed by atoms with E-state index >= 15 is 0 Å². The largest absolute Gasteiger partial charge is 0.355 e. The van der Waals surface area contributed by atoms with Gasteiger partial charge < -0.3 is 10.2 Å². The molecule has 0 fully saturated rings. The van der Waals surface area contributed by atoms with E-state index in [0.29, 0.717) is 30.3 Å². The molecule has 3 aromatic carbocycles. The number of thioether (sulfide) groups is 1. The van der Waals surface area contributed by atoms with Gasteiger partial charge in [0.05, 0.1) is 5.75 Å². The maximum atomic E-state index is 13.5. The molecular weight excluding hydrogens is 464 g/mol. The molecule has 0 aromatic heterocycles. The molecule has 1 atom stereocenters. The van der Waals surface area contributed by atoms with Gasteiger partial charge in [0.2, 0.25) is 11.8 Å². The summed E-state index contributed by atoms with van der Waals surface area (Å²) in [6.45, 7) is 4.81. The van der Waals surface area contributed by atoms with Crippen LogP contribution in [-0.2, 0) is 28.3 Å². The maximum Gasteiger partial charge on any atom is 0.243 e. The first-order chi connectivity index (χ1) is 16.5. The zero-order chi connectivity index (χ0) is 24.3. The lowest BCUT2D eigenvalue weighted by atomic mass is 10.0. The second-order valence-corrected chi connectivity index (χ2v) is 9.58. The van der Waals surface area contributed by atoms with Gasteiger partial charge in [0.25, 0.3) is 0 Å². The Morgan fingerprint density at radius 2 is 1.62 bits per heavy atom. The van der Waals surface area contributed by atoms with E-state index in [9.17, 15) is 9.59 Å². The van der Waals surface area contributed by atoms with Crippen LogP contribution < -0.4 is 5.32 Å². The van der Waals surface area contributed by atoms with Gasteiger partial charge in [-0.05, 0) is 36.6 Å². The standard InChI is InChI=1S/C28H31ClN2O2S/c1-3-30-28(33)26(17-22-9-5-4-6-10-22)31(18-23-15-13-21(2)14-16-23)27(32)20-34-19-24-11-7-8-12-25(24)29/h4-16,26H,3,17-20H2,1-2H3,(H,30,33). The zero-order valence-electron chi connectivity index (χ0n) is 19.7. The quantitative estimate of drug-likeness (QED) is 0.374. The van der Waals surface area contributed by atoms with Gasteiger partial charge in [-0.3, -0.25) is 9.59 Å². The number of aryl methyl sites for hydroxylation is 1. The fraction of sp³-hybridized carbons (Fsp3) is 0.286. The first kappa shape index (κ1) is 25.9. The molecule has 34 heavy (non-hydrogen) atoms. The Labute approximate surface area is 211 Å². The number of halogens is 1. The third kappa shape index (κ3) is 7.64. The molecule has 4 nitrogen and oxygen atoms in total. The van der Waals surface area contributed by atoms with Crippen LogP contribution in [0.2, 0.25) is 5.02 Å². The summed E-state index contributed by atoms with van der Waals surface area (Å²) >= 11 is 7.79. The number of carbonyl (C=O) groups is 2. The van der Waals surface area contributed by atoms with Crippen molar-refractivity contribution in [3.8, 4) is 0 Å². The van der Waals surface area contributed by atoms with Crippen molar-refractivity contribution in [2.45, 2.75) is 38.6 Å². The number of rotatable bonds is 11. The van der Waals surface area contributed by atoms with Crippen molar-refractivity contribution in [2.24, 2.45) is 0 Å². The van der Waals surface area contributed by atoms with E-state index in [1.54, 1.807) is 4.90 Å². The number of nitrogens with one attached hydrogen (secondary N) is 1. The molecule has 0 spiro atoms. The first-order valence-electron chi connectivity index (χ1n) is 11.5. The summed E-state index contributed by atoms with van der Waals surface area (Å²) in [5.74, 6) is 0.698. The van der Waals surface area contributed by atoms with Gasteiger partial charge in [-0.2, -0.15) is 0 Å². The maximum absolute atomic E-state index is 13.5. The number of hydrogen-bond donors (Lipinski definition) is 1. The minimum absolute atomic E-state index is 0.0650. The first-order valence-corrected chi connectivity index (χ1v) is 13.0. The van der Waals surface area contributed by atoms with Crippen LogP contribution >= 0.6 is 23.4 Å². The second-order valence-electron chi connectivity index (χ2n) is 8.19. The average Bonchev–Trinajstić information content (AvgIpc) is 2.84. The smallest absolute Gasteiger partial charge is 0.243 e. The van der Waals surface area contributed by atoms with Gasteiger partial charge in [-0.15, -0.1) is 11.8 Å². The fourth-order valence-electron chi connectivity index (χ4n) is 3.68. The Balaban J connectivity index is 1.82. The van der Waals surface area contributed by atoms with Crippen molar-refractivity contribution >= 4 is 35.2 Å². The zero-order valence-corrected chi connectivity index (χ0v) is 21.2. The van der Waals surface area contributed by atoms with Crippen molar-refractivity contribution in [1.82, 2.24) is 10.2 Å². The Morgan fingerprint density at radius 1 is 0.941 bits per heavy atom. The van der Waals surface area contributed by atoms with Crippen LogP contribution in [0.4, 0.5) is 0 Å². The molecule has 178 valence electrons. The normalized spacial score (nSPS) is 11.6. The predicted molar refractivity (Wildman–Crippen MR) is 142 cm³/mol. The topological polar surface area (TPSA) is 49.4 Å². The lowest BCUT2D eigenvalue weighted by molar-refractivity contribution is -0.139. The number of amides is 2. The Morgan fingerprint density at radius 3 is 2.29 bits per heavy atom. The SMILES string of the molecule is CCNC(=O)C(Cc1ccccc1)N(Cc1ccc(C)cc1)C(=O)CSCc1ccccc1Cl. The van der Waals surface area contributed by atoms with E-state index in [2.05, 4.69) is 5.32 Å². The number of benzene rings is 3. The highest BCUT2D eigenvalue weighted by atomic mass is 35.5. The van der Waals surface area contributed by atoms with Gasteiger partial charge in [-0.25, -0.2) is 0 Å². The summed E-state index contributed by atoms with van der Waals surface area (Å²) in [5.41, 5.74) is 4.17. The molecule has 1 unspecified atom stereocenters. The molecule has 0 saturated heterocycles. The molecule has 0 radical (unpaired) electrons. The van der Waals surface area contributed by atoms with E-state index in [1.807, 2.05) is 92.7 Å². The summed E-state index contributed by atoms with van der Waals surface area (Å²) in [6.07, 6.45) is 0.458. The Hall–Kier alpha value is -2.76. The molecule has 0 saturated carbocycles. The average molecular weight is 495 g/mol. The molecule has 0 heterocycles. The van der Waals surface area contributed by atoms with Crippen LogP contribution in [0.3, 0.4) is 0 Å². The van der Waals surface area contributed by atoms with Crippen molar-refractivity contribution in [3.63, 3.8) is 0 Å². The molecule has 2 amide bonds. The summed E-state index contributed by atoms with van der Waals surface area (Å²) < 4.78 is 0. The van der Waals surface area contributed by atoms with E-state index in [1.165, 1.54) is 11.8 Å². The predicted octanol–water partition coefficient (Wildman–Crippen LogP) is 5.66. The van der Waals surface area contributed by atoms with E-state index in [-0.39, 0.29) is 17.6 Å². The monoisotopic (exact) mass is 494 g/mol. The molecule has 6 heteroatoms. The highest BCUT2D eigenvalue weighted by Gasteiger charge is 2.30. The number of carbonyl (C=O) groups excluding carboxylic acids is 2.